The molecule has 0 bridgehead atoms. The second kappa shape index (κ2) is 7.76. The molecule has 0 saturated heterocycles. The SMILES string of the molecule is C[C@H](NC(=O)C[NH2+][C@H](C)c1ccc(Cl)cc1)c1ccc2c(c1)OCO2. The van der Waals surface area contributed by atoms with E-state index < -0.39 is 0 Å². The van der Waals surface area contributed by atoms with Gasteiger partial charge in [0.1, 0.15) is 6.04 Å². The number of halogens is 1. The van der Waals surface area contributed by atoms with Crippen LogP contribution in [0.3, 0.4) is 0 Å². The monoisotopic (exact) mass is 361 g/mol. The fourth-order valence-corrected chi connectivity index (χ4v) is 2.88. The quantitative estimate of drug-likeness (QED) is 0.831. The van der Waals surface area contributed by atoms with E-state index in [1.165, 1.54) is 0 Å². The Balaban J connectivity index is 1.51. The molecule has 5 nitrogen and oxygen atoms in total. The Labute approximate surface area is 152 Å². The average molecular weight is 362 g/mol. The highest BCUT2D eigenvalue weighted by Gasteiger charge is 2.18. The first-order valence-electron chi connectivity index (χ1n) is 8.30. The molecule has 1 amide bonds. The number of rotatable bonds is 6. The van der Waals surface area contributed by atoms with Crippen molar-refractivity contribution in [3.8, 4) is 11.5 Å². The molecular formula is C19H22ClN2O3+. The summed E-state index contributed by atoms with van der Waals surface area (Å²) in [6.45, 7) is 4.63. The summed E-state index contributed by atoms with van der Waals surface area (Å²) in [4.78, 5) is 12.2. The van der Waals surface area contributed by atoms with Crippen molar-refractivity contribution in [1.82, 2.24) is 5.32 Å². The lowest BCUT2D eigenvalue weighted by molar-refractivity contribution is -0.682. The van der Waals surface area contributed by atoms with Crippen LogP contribution in [0.5, 0.6) is 11.5 Å². The van der Waals surface area contributed by atoms with Crippen LogP contribution >= 0.6 is 11.6 Å². The molecule has 3 rings (SSSR count). The van der Waals surface area contributed by atoms with E-state index in [1.54, 1.807) is 0 Å². The molecule has 1 heterocycles. The number of hydrogen-bond acceptors (Lipinski definition) is 3. The minimum atomic E-state index is -0.0961. The molecule has 0 radical (unpaired) electrons. The van der Waals surface area contributed by atoms with Crippen molar-refractivity contribution in [2.75, 3.05) is 13.3 Å². The van der Waals surface area contributed by atoms with Crippen LogP contribution in [0.2, 0.25) is 5.02 Å². The summed E-state index contributed by atoms with van der Waals surface area (Å²) < 4.78 is 10.7. The fraction of sp³-hybridized carbons (Fsp3) is 0.316. The lowest BCUT2D eigenvalue weighted by atomic mass is 10.1. The second-order valence-corrected chi connectivity index (χ2v) is 6.62. The Morgan fingerprint density at radius 2 is 1.80 bits per heavy atom. The minimum absolute atomic E-state index is 0.00835. The molecule has 2 aromatic carbocycles. The van der Waals surface area contributed by atoms with Crippen LogP contribution in [0.4, 0.5) is 0 Å². The van der Waals surface area contributed by atoms with E-state index in [0.717, 1.165) is 22.6 Å². The van der Waals surface area contributed by atoms with Crippen molar-refractivity contribution in [2.45, 2.75) is 25.9 Å². The zero-order valence-corrected chi connectivity index (χ0v) is 15.0. The van der Waals surface area contributed by atoms with Crippen LogP contribution in [-0.4, -0.2) is 19.2 Å². The van der Waals surface area contributed by atoms with Gasteiger partial charge in [0.2, 0.25) is 6.79 Å². The Kier molecular flexibility index (Phi) is 5.46. The molecule has 0 saturated carbocycles. The van der Waals surface area contributed by atoms with E-state index >= 15 is 0 Å². The Morgan fingerprint density at radius 3 is 2.56 bits per heavy atom. The van der Waals surface area contributed by atoms with Gasteiger partial charge in [-0.1, -0.05) is 29.8 Å². The maximum absolute atomic E-state index is 12.2. The number of nitrogens with one attached hydrogen (secondary N) is 1. The van der Waals surface area contributed by atoms with Crippen molar-refractivity contribution in [2.24, 2.45) is 0 Å². The number of hydrogen-bond donors (Lipinski definition) is 2. The summed E-state index contributed by atoms with van der Waals surface area (Å²) in [6.07, 6.45) is 0. The van der Waals surface area contributed by atoms with Crippen molar-refractivity contribution in [3.05, 3.63) is 58.6 Å². The molecule has 25 heavy (non-hydrogen) atoms. The average Bonchev–Trinajstić information content (AvgIpc) is 3.08. The van der Waals surface area contributed by atoms with E-state index in [0.29, 0.717) is 11.6 Å². The van der Waals surface area contributed by atoms with Gasteiger partial charge in [0.25, 0.3) is 5.91 Å². The van der Waals surface area contributed by atoms with E-state index in [4.69, 9.17) is 21.1 Å². The molecule has 0 fully saturated rings. The zero-order chi connectivity index (χ0) is 17.8. The highest BCUT2D eigenvalue weighted by atomic mass is 35.5. The van der Waals surface area contributed by atoms with Crippen LogP contribution in [-0.2, 0) is 4.79 Å². The van der Waals surface area contributed by atoms with E-state index in [2.05, 4.69) is 12.2 Å². The smallest absolute Gasteiger partial charge is 0.275 e. The summed E-state index contributed by atoms with van der Waals surface area (Å²) in [5, 5.41) is 5.73. The Bertz CT molecular complexity index is 749. The summed E-state index contributed by atoms with van der Waals surface area (Å²) in [6, 6.07) is 13.5. The predicted octanol–water partition coefficient (Wildman–Crippen LogP) is 2.57. The first kappa shape index (κ1) is 17.6. The summed E-state index contributed by atoms with van der Waals surface area (Å²) in [7, 11) is 0. The first-order chi connectivity index (χ1) is 12.0. The number of carbonyl (C=O) groups is 1. The maximum Gasteiger partial charge on any atom is 0.275 e. The Hall–Kier alpha value is -2.24. The van der Waals surface area contributed by atoms with Crippen LogP contribution < -0.4 is 20.1 Å². The highest BCUT2D eigenvalue weighted by molar-refractivity contribution is 6.30. The first-order valence-corrected chi connectivity index (χ1v) is 8.68. The lowest BCUT2D eigenvalue weighted by Crippen LogP contribution is -2.87. The topological polar surface area (TPSA) is 64.2 Å². The number of nitrogens with two attached hydrogens (primary N) is 1. The van der Waals surface area contributed by atoms with Crippen LogP contribution in [0.1, 0.15) is 37.1 Å². The molecule has 1 aliphatic rings. The molecule has 2 aromatic rings. The van der Waals surface area contributed by atoms with Crippen molar-refractivity contribution in [1.29, 1.82) is 0 Å². The Morgan fingerprint density at radius 1 is 1.12 bits per heavy atom. The molecule has 0 unspecified atom stereocenters. The van der Waals surface area contributed by atoms with Gasteiger partial charge in [0, 0.05) is 10.6 Å². The van der Waals surface area contributed by atoms with Crippen LogP contribution in [0.25, 0.3) is 0 Å². The third-order valence-corrected chi connectivity index (χ3v) is 4.58. The summed E-state index contributed by atoms with van der Waals surface area (Å²) in [5.74, 6) is 1.46. The number of fused-ring (bicyclic) bond motifs is 1. The van der Waals surface area contributed by atoms with E-state index in [1.807, 2.05) is 54.7 Å². The molecule has 2 atom stereocenters. The molecule has 1 aliphatic heterocycles. The number of amides is 1. The minimum Gasteiger partial charge on any atom is -0.454 e. The van der Waals surface area contributed by atoms with Crippen molar-refractivity contribution < 1.29 is 19.6 Å². The van der Waals surface area contributed by atoms with E-state index in [9.17, 15) is 4.79 Å². The van der Waals surface area contributed by atoms with Gasteiger partial charge in [-0.15, -0.1) is 0 Å². The summed E-state index contributed by atoms with van der Waals surface area (Å²) >= 11 is 5.90. The maximum atomic E-state index is 12.2. The molecule has 0 spiro atoms. The van der Waals surface area contributed by atoms with Crippen molar-refractivity contribution in [3.63, 3.8) is 0 Å². The second-order valence-electron chi connectivity index (χ2n) is 6.18. The van der Waals surface area contributed by atoms with E-state index in [-0.39, 0.29) is 24.8 Å². The number of benzene rings is 2. The van der Waals surface area contributed by atoms with Gasteiger partial charge in [-0.3, -0.25) is 4.79 Å². The molecule has 0 aromatic heterocycles. The highest BCUT2D eigenvalue weighted by Crippen LogP contribution is 2.34. The van der Waals surface area contributed by atoms with Gasteiger partial charge >= 0.3 is 0 Å². The normalized spacial score (nSPS) is 14.8. The number of carbonyl (C=O) groups excluding carboxylic acids is 1. The third-order valence-electron chi connectivity index (χ3n) is 4.33. The molecule has 6 heteroatoms. The molecule has 132 valence electrons. The zero-order valence-electron chi connectivity index (χ0n) is 14.3. The third kappa shape index (κ3) is 4.44. The van der Waals surface area contributed by atoms with Crippen molar-refractivity contribution >= 4 is 17.5 Å². The lowest BCUT2D eigenvalue weighted by Gasteiger charge is -2.16. The van der Waals surface area contributed by atoms with Gasteiger partial charge in [-0.25, -0.2) is 0 Å². The van der Waals surface area contributed by atoms with Gasteiger partial charge in [-0.05, 0) is 43.7 Å². The number of quaternary nitrogens is 1. The van der Waals surface area contributed by atoms with Gasteiger partial charge < -0.3 is 20.1 Å². The molecular weight excluding hydrogens is 340 g/mol. The van der Waals surface area contributed by atoms with Gasteiger partial charge in [-0.2, -0.15) is 0 Å². The number of ether oxygens (including phenoxy) is 2. The largest absolute Gasteiger partial charge is 0.454 e. The molecule has 0 aliphatic carbocycles. The molecule has 3 N–H and O–H groups in total. The summed E-state index contributed by atoms with van der Waals surface area (Å²) in [5.41, 5.74) is 2.13. The van der Waals surface area contributed by atoms with Crippen LogP contribution in [0, 0.1) is 0 Å². The standard InChI is InChI=1S/C19H21ClN2O3/c1-12(14-3-6-16(20)7-4-14)21-10-19(23)22-13(2)15-5-8-17-18(9-15)25-11-24-17/h3-9,12-13,21H,10-11H2,1-2H3,(H,22,23)/p+1/t12-,13+/m1/s1. The van der Waals surface area contributed by atoms with Gasteiger partial charge in [0.05, 0.1) is 6.04 Å². The predicted molar refractivity (Wildman–Crippen MR) is 95.8 cm³/mol. The van der Waals surface area contributed by atoms with Crippen LogP contribution in [0.15, 0.2) is 42.5 Å². The van der Waals surface area contributed by atoms with Gasteiger partial charge in [0.15, 0.2) is 18.0 Å². The fourth-order valence-electron chi connectivity index (χ4n) is 2.75.